The summed E-state index contributed by atoms with van der Waals surface area (Å²) in [5.41, 5.74) is 2.36. The lowest BCUT2D eigenvalue weighted by Gasteiger charge is -2.20. The number of aliphatic hydroxyl groups is 1. The Labute approximate surface area is 148 Å². The Balaban J connectivity index is 1.69. The molecule has 3 rings (SSSR count). The van der Waals surface area contributed by atoms with E-state index in [1.165, 1.54) is 5.56 Å². The zero-order chi connectivity index (χ0) is 17.5. The Hall–Kier alpha value is -2.50. The third-order valence-corrected chi connectivity index (χ3v) is 4.34. The first-order valence-electron chi connectivity index (χ1n) is 8.59. The van der Waals surface area contributed by atoms with Crippen LogP contribution in [0.3, 0.4) is 0 Å². The van der Waals surface area contributed by atoms with E-state index in [4.69, 9.17) is 0 Å². The van der Waals surface area contributed by atoms with Gasteiger partial charge in [-0.15, -0.1) is 10.2 Å². The van der Waals surface area contributed by atoms with Gasteiger partial charge in [-0.05, 0) is 12.0 Å². The summed E-state index contributed by atoms with van der Waals surface area (Å²) in [6.45, 7) is 2.31. The maximum absolute atomic E-state index is 9.38. The standard InChI is InChI=1S/C20H24N4O/c1-23-19(21-22-20(23)18-10-6-3-7-11-18)16-24(14-15-25)13-12-17-8-4-2-5-9-17/h2-11,25H,12-16H2,1H3. The molecular formula is C20H24N4O. The van der Waals surface area contributed by atoms with Crippen molar-refractivity contribution in [2.45, 2.75) is 13.0 Å². The van der Waals surface area contributed by atoms with Crippen LogP contribution >= 0.6 is 0 Å². The van der Waals surface area contributed by atoms with Crippen LogP contribution in [0, 0.1) is 0 Å². The molecule has 1 heterocycles. The van der Waals surface area contributed by atoms with E-state index in [1.54, 1.807) is 0 Å². The maximum atomic E-state index is 9.38. The largest absolute Gasteiger partial charge is 0.395 e. The molecule has 0 unspecified atom stereocenters. The molecule has 5 nitrogen and oxygen atoms in total. The van der Waals surface area contributed by atoms with Crippen LogP contribution < -0.4 is 0 Å². The predicted octanol–water partition coefficient (Wildman–Crippen LogP) is 2.52. The quantitative estimate of drug-likeness (QED) is 0.687. The number of benzene rings is 2. The highest BCUT2D eigenvalue weighted by Gasteiger charge is 2.14. The zero-order valence-corrected chi connectivity index (χ0v) is 14.5. The SMILES string of the molecule is Cn1c(CN(CCO)CCc2ccccc2)nnc1-c1ccccc1. The minimum Gasteiger partial charge on any atom is -0.395 e. The molecule has 5 heteroatoms. The van der Waals surface area contributed by atoms with E-state index in [9.17, 15) is 5.11 Å². The van der Waals surface area contributed by atoms with Gasteiger partial charge < -0.3 is 9.67 Å². The maximum Gasteiger partial charge on any atom is 0.163 e. The van der Waals surface area contributed by atoms with Gasteiger partial charge in [-0.1, -0.05) is 60.7 Å². The summed E-state index contributed by atoms with van der Waals surface area (Å²) >= 11 is 0. The van der Waals surface area contributed by atoms with Crippen LogP contribution in [-0.4, -0.2) is 44.5 Å². The molecule has 25 heavy (non-hydrogen) atoms. The van der Waals surface area contributed by atoms with Crippen LogP contribution in [0.5, 0.6) is 0 Å². The van der Waals surface area contributed by atoms with Crippen LogP contribution in [0.15, 0.2) is 60.7 Å². The van der Waals surface area contributed by atoms with Gasteiger partial charge >= 0.3 is 0 Å². The lowest BCUT2D eigenvalue weighted by atomic mass is 10.1. The molecule has 0 bridgehead atoms. The molecule has 0 radical (unpaired) electrons. The summed E-state index contributed by atoms with van der Waals surface area (Å²) in [7, 11) is 1.99. The lowest BCUT2D eigenvalue weighted by molar-refractivity contribution is 0.187. The number of rotatable bonds is 8. The summed E-state index contributed by atoms with van der Waals surface area (Å²) < 4.78 is 2.03. The smallest absolute Gasteiger partial charge is 0.163 e. The van der Waals surface area contributed by atoms with E-state index in [1.807, 2.05) is 48.0 Å². The van der Waals surface area contributed by atoms with Gasteiger partial charge in [0, 0.05) is 25.7 Å². The molecule has 1 N–H and O–H groups in total. The summed E-state index contributed by atoms with van der Waals surface area (Å²) in [5.74, 6) is 1.77. The van der Waals surface area contributed by atoms with E-state index in [2.05, 4.69) is 39.4 Å². The fraction of sp³-hybridized carbons (Fsp3) is 0.300. The first-order valence-corrected chi connectivity index (χ1v) is 8.59. The highest BCUT2D eigenvalue weighted by Crippen LogP contribution is 2.17. The normalized spacial score (nSPS) is 11.2. The highest BCUT2D eigenvalue weighted by atomic mass is 16.3. The molecule has 3 aromatic rings. The molecule has 2 aromatic carbocycles. The van der Waals surface area contributed by atoms with Gasteiger partial charge in [-0.2, -0.15) is 0 Å². The van der Waals surface area contributed by atoms with E-state index < -0.39 is 0 Å². The number of hydrogen-bond donors (Lipinski definition) is 1. The van der Waals surface area contributed by atoms with Crippen LogP contribution in [0.4, 0.5) is 0 Å². The molecule has 0 saturated carbocycles. The van der Waals surface area contributed by atoms with Crippen molar-refractivity contribution in [1.82, 2.24) is 19.7 Å². The molecular weight excluding hydrogens is 312 g/mol. The summed E-state index contributed by atoms with van der Waals surface area (Å²) in [4.78, 5) is 2.21. The molecule has 0 aliphatic carbocycles. The molecule has 130 valence electrons. The van der Waals surface area contributed by atoms with Gasteiger partial charge in [0.1, 0.15) is 5.82 Å². The van der Waals surface area contributed by atoms with Gasteiger partial charge in [-0.3, -0.25) is 4.90 Å². The zero-order valence-electron chi connectivity index (χ0n) is 14.5. The lowest BCUT2D eigenvalue weighted by Crippen LogP contribution is -2.30. The first kappa shape index (κ1) is 17.3. The van der Waals surface area contributed by atoms with Crippen molar-refractivity contribution in [1.29, 1.82) is 0 Å². The van der Waals surface area contributed by atoms with Crippen molar-refractivity contribution in [2.75, 3.05) is 19.7 Å². The number of hydrogen-bond acceptors (Lipinski definition) is 4. The Morgan fingerprint density at radius 3 is 2.28 bits per heavy atom. The van der Waals surface area contributed by atoms with Gasteiger partial charge in [0.2, 0.25) is 0 Å². The Morgan fingerprint density at radius 1 is 0.920 bits per heavy atom. The van der Waals surface area contributed by atoms with Crippen LogP contribution in [0.25, 0.3) is 11.4 Å². The third-order valence-electron chi connectivity index (χ3n) is 4.34. The fourth-order valence-corrected chi connectivity index (χ4v) is 2.88. The Kier molecular flexibility index (Phi) is 5.93. The fourth-order valence-electron chi connectivity index (χ4n) is 2.88. The second kappa shape index (κ2) is 8.55. The molecule has 1 aromatic heterocycles. The van der Waals surface area contributed by atoms with Crippen LogP contribution in [0.1, 0.15) is 11.4 Å². The van der Waals surface area contributed by atoms with Gasteiger partial charge in [0.15, 0.2) is 5.82 Å². The topological polar surface area (TPSA) is 54.2 Å². The monoisotopic (exact) mass is 336 g/mol. The average molecular weight is 336 g/mol. The van der Waals surface area contributed by atoms with Crippen LogP contribution in [0.2, 0.25) is 0 Å². The molecule has 0 aliphatic rings. The number of aromatic nitrogens is 3. The Morgan fingerprint density at radius 2 is 1.60 bits per heavy atom. The van der Waals surface area contributed by atoms with E-state index in [-0.39, 0.29) is 6.61 Å². The van der Waals surface area contributed by atoms with Crippen LogP contribution in [-0.2, 0) is 20.0 Å². The van der Waals surface area contributed by atoms with E-state index >= 15 is 0 Å². The second-order valence-electron chi connectivity index (χ2n) is 6.10. The summed E-state index contributed by atoms with van der Waals surface area (Å²) in [6, 6.07) is 20.5. The van der Waals surface area contributed by atoms with E-state index in [0.717, 1.165) is 30.2 Å². The molecule has 0 atom stereocenters. The van der Waals surface area contributed by atoms with Gasteiger partial charge in [0.25, 0.3) is 0 Å². The number of nitrogens with zero attached hydrogens (tertiary/aromatic N) is 4. The second-order valence-corrected chi connectivity index (χ2v) is 6.10. The van der Waals surface area contributed by atoms with Crippen molar-refractivity contribution >= 4 is 0 Å². The predicted molar refractivity (Wildman–Crippen MR) is 98.9 cm³/mol. The summed E-state index contributed by atoms with van der Waals surface area (Å²) in [5, 5.41) is 18.1. The van der Waals surface area contributed by atoms with Crippen molar-refractivity contribution in [3.63, 3.8) is 0 Å². The van der Waals surface area contributed by atoms with Gasteiger partial charge in [-0.25, -0.2) is 0 Å². The highest BCUT2D eigenvalue weighted by molar-refractivity contribution is 5.54. The Bertz CT molecular complexity index is 771. The molecule has 0 aliphatic heterocycles. The van der Waals surface area contributed by atoms with Crippen molar-refractivity contribution in [3.8, 4) is 11.4 Å². The average Bonchev–Trinajstić information content (AvgIpc) is 3.02. The minimum absolute atomic E-state index is 0.137. The molecule has 0 amide bonds. The minimum atomic E-state index is 0.137. The first-order chi connectivity index (χ1) is 12.3. The molecule has 0 saturated heterocycles. The van der Waals surface area contributed by atoms with Crippen molar-refractivity contribution < 1.29 is 5.11 Å². The van der Waals surface area contributed by atoms with Crippen molar-refractivity contribution in [2.24, 2.45) is 7.05 Å². The van der Waals surface area contributed by atoms with Crippen molar-refractivity contribution in [3.05, 3.63) is 72.1 Å². The van der Waals surface area contributed by atoms with Gasteiger partial charge in [0.05, 0.1) is 13.2 Å². The summed E-state index contributed by atoms with van der Waals surface area (Å²) in [6.07, 6.45) is 0.949. The molecule has 0 fully saturated rings. The number of aliphatic hydroxyl groups excluding tert-OH is 1. The third kappa shape index (κ3) is 4.53. The van der Waals surface area contributed by atoms with E-state index in [0.29, 0.717) is 13.1 Å². The molecule has 0 spiro atoms.